The highest BCUT2D eigenvalue weighted by atomic mass is 19.4. The highest BCUT2D eigenvalue weighted by molar-refractivity contribution is 5.48. The summed E-state index contributed by atoms with van der Waals surface area (Å²) < 4.78 is 45.5. The van der Waals surface area contributed by atoms with Crippen molar-refractivity contribution in [3.8, 4) is 5.75 Å². The summed E-state index contributed by atoms with van der Waals surface area (Å²) in [5.74, 6) is -0.405. The molecule has 9 heteroatoms. The molecule has 1 N–H and O–H groups in total. The van der Waals surface area contributed by atoms with Crippen LogP contribution in [0.4, 0.5) is 18.9 Å². The summed E-state index contributed by atoms with van der Waals surface area (Å²) in [5, 5.41) is 13.9. The predicted octanol–water partition coefficient (Wildman–Crippen LogP) is 2.27. The molecule has 0 saturated heterocycles. The van der Waals surface area contributed by atoms with Crippen LogP contribution in [0.3, 0.4) is 0 Å². The van der Waals surface area contributed by atoms with Gasteiger partial charge in [0.25, 0.3) is 0 Å². The zero-order valence-corrected chi connectivity index (χ0v) is 11.3. The van der Waals surface area contributed by atoms with Crippen LogP contribution < -0.4 is 10.1 Å². The molecule has 0 aliphatic carbocycles. The van der Waals surface area contributed by atoms with Crippen molar-refractivity contribution in [2.75, 3.05) is 26.9 Å². The minimum absolute atomic E-state index is 0.337. The molecule has 21 heavy (non-hydrogen) atoms. The molecule has 0 fully saturated rings. The molecule has 0 bridgehead atoms. The van der Waals surface area contributed by atoms with E-state index >= 15 is 0 Å². The first-order chi connectivity index (χ1) is 9.83. The van der Waals surface area contributed by atoms with Crippen LogP contribution in [0.15, 0.2) is 18.2 Å². The van der Waals surface area contributed by atoms with E-state index in [1.54, 1.807) is 7.11 Å². The molecule has 0 spiro atoms. The molecule has 0 saturated carbocycles. The van der Waals surface area contributed by atoms with E-state index in [-0.39, 0.29) is 0 Å². The van der Waals surface area contributed by atoms with Gasteiger partial charge < -0.3 is 14.8 Å². The van der Waals surface area contributed by atoms with Crippen molar-refractivity contribution in [1.82, 2.24) is 5.32 Å². The summed E-state index contributed by atoms with van der Waals surface area (Å²) in [6, 6.07) is 3.82. The molecule has 0 amide bonds. The summed E-state index contributed by atoms with van der Waals surface area (Å²) in [6.45, 7) is -0.200. The Morgan fingerprint density at radius 2 is 2.10 bits per heavy atom. The molecule has 1 rings (SSSR count). The van der Waals surface area contributed by atoms with Crippen LogP contribution in [0.25, 0.3) is 0 Å². The standard InChI is InChI=1S/C12H15F3N2O4/c1-20-5-4-16-7-9-2-3-11(10(6-9)17(18)19)21-8-12(13,14)15/h2-3,6,16H,4-5,7-8H2,1H3. The molecule has 0 radical (unpaired) electrons. The average Bonchev–Trinajstić information content (AvgIpc) is 2.41. The number of hydrogen-bond donors (Lipinski definition) is 1. The lowest BCUT2D eigenvalue weighted by Gasteiger charge is -2.10. The van der Waals surface area contributed by atoms with Gasteiger partial charge in [-0.05, 0) is 11.6 Å². The largest absolute Gasteiger partial charge is 0.477 e. The van der Waals surface area contributed by atoms with Gasteiger partial charge in [0.2, 0.25) is 0 Å². The van der Waals surface area contributed by atoms with Gasteiger partial charge in [0, 0.05) is 26.3 Å². The second kappa shape index (κ2) is 7.79. The van der Waals surface area contributed by atoms with Gasteiger partial charge in [-0.3, -0.25) is 10.1 Å². The highest BCUT2D eigenvalue weighted by Gasteiger charge is 2.30. The van der Waals surface area contributed by atoms with Gasteiger partial charge in [-0.25, -0.2) is 0 Å². The molecule has 118 valence electrons. The summed E-state index contributed by atoms with van der Waals surface area (Å²) in [6.07, 6.45) is -4.55. The molecule has 0 aliphatic heterocycles. The maximum Gasteiger partial charge on any atom is 0.422 e. The quantitative estimate of drug-likeness (QED) is 0.453. The van der Waals surface area contributed by atoms with Crippen molar-refractivity contribution in [1.29, 1.82) is 0 Å². The number of nitrogens with one attached hydrogen (secondary N) is 1. The van der Waals surface area contributed by atoms with E-state index in [9.17, 15) is 23.3 Å². The molecule has 0 aliphatic rings. The first-order valence-corrected chi connectivity index (χ1v) is 6.00. The SMILES string of the molecule is COCCNCc1ccc(OCC(F)(F)F)c([N+](=O)[O-])c1. The Kier molecular flexibility index (Phi) is 6.38. The molecule has 1 aromatic rings. The second-order valence-corrected chi connectivity index (χ2v) is 4.13. The van der Waals surface area contributed by atoms with Crippen molar-refractivity contribution in [3.63, 3.8) is 0 Å². The molecule has 0 aromatic heterocycles. The monoisotopic (exact) mass is 308 g/mol. The van der Waals surface area contributed by atoms with Crippen LogP contribution in [0, 0.1) is 10.1 Å². The van der Waals surface area contributed by atoms with Gasteiger partial charge in [0.15, 0.2) is 12.4 Å². The van der Waals surface area contributed by atoms with Crippen molar-refractivity contribution < 1.29 is 27.6 Å². The van der Waals surface area contributed by atoms with Crippen LogP contribution in [-0.4, -0.2) is 38.0 Å². The van der Waals surface area contributed by atoms with Crippen molar-refractivity contribution in [2.45, 2.75) is 12.7 Å². The summed E-state index contributed by atoms with van der Waals surface area (Å²) in [4.78, 5) is 10.1. The van der Waals surface area contributed by atoms with Crippen LogP contribution >= 0.6 is 0 Å². The number of nitro benzene ring substituents is 1. The topological polar surface area (TPSA) is 73.6 Å². The van der Waals surface area contributed by atoms with E-state index in [0.717, 1.165) is 6.07 Å². The van der Waals surface area contributed by atoms with E-state index < -0.39 is 29.1 Å². The fraction of sp³-hybridized carbons (Fsp3) is 0.500. The minimum Gasteiger partial charge on any atom is -0.477 e. The van der Waals surface area contributed by atoms with E-state index in [1.165, 1.54) is 12.1 Å². The van der Waals surface area contributed by atoms with E-state index in [1.807, 2.05) is 0 Å². The fourth-order valence-corrected chi connectivity index (χ4v) is 1.50. The summed E-state index contributed by atoms with van der Waals surface area (Å²) >= 11 is 0. The van der Waals surface area contributed by atoms with Gasteiger partial charge in [-0.1, -0.05) is 6.07 Å². The Bertz CT molecular complexity index is 480. The maximum absolute atomic E-state index is 12.1. The molecule has 1 aromatic carbocycles. The zero-order chi connectivity index (χ0) is 15.9. The molecular weight excluding hydrogens is 293 g/mol. The first kappa shape index (κ1) is 17.2. The fourth-order valence-electron chi connectivity index (χ4n) is 1.50. The predicted molar refractivity (Wildman–Crippen MR) is 68.2 cm³/mol. The number of hydrogen-bond acceptors (Lipinski definition) is 5. The molecule has 0 heterocycles. The van der Waals surface area contributed by atoms with Gasteiger partial charge in [-0.2, -0.15) is 13.2 Å². The van der Waals surface area contributed by atoms with Crippen molar-refractivity contribution >= 4 is 5.69 Å². The Labute approximate surface area is 119 Å². The molecule has 0 unspecified atom stereocenters. The highest BCUT2D eigenvalue weighted by Crippen LogP contribution is 2.29. The molecule has 0 atom stereocenters. The average molecular weight is 308 g/mol. The Morgan fingerprint density at radius 1 is 1.38 bits per heavy atom. The Hall–Kier alpha value is -1.87. The second-order valence-electron chi connectivity index (χ2n) is 4.13. The lowest BCUT2D eigenvalue weighted by molar-refractivity contribution is -0.386. The van der Waals surface area contributed by atoms with Gasteiger partial charge in [0.1, 0.15) is 0 Å². The molecule has 6 nitrogen and oxygen atoms in total. The summed E-state index contributed by atoms with van der Waals surface area (Å²) in [5.41, 5.74) is 0.0717. The van der Waals surface area contributed by atoms with Gasteiger partial charge in [0.05, 0.1) is 11.5 Å². The number of rotatable bonds is 8. The smallest absolute Gasteiger partial charge is 0.422 e. The number of halogens is 3. The van der Waals surface area contributed by atoms with Crippen LogP contribution in [-0.2, 0) is 11.3 Å². The van der Waals surface area contributed by atoms with Crippen molar-refractivity contribution in [2.24, 2.45) is 0 Å². The van der Waals surface area contributed by atoms with E-state index in [4.69, 9.17) is 4.74 Å². The maximum atomic E-state index is 12.1. The third kappa shape index (κ3) is 6.41. The Morgan fingerprint density at radius 3 is 2.67 bits per heavy atom. The van der Waals surface area contributed by atoms with Gasteiger partial charge >= 0.3 is 11.9 Å². The number of alkyl halides is 3. The normalized spacial score (nSPS) is 11.4. The number of nitrogens with zero attached hydrogens (tertiary/aromatic N) is 1. The van der Waals surface area contributed by atoms with Gasteiger partial charge in [-0.15, -0.1) is 0 Å². The van der Waals surface area contributed by atoms with Crippen LogP contribution in [0.1, 0.15) is 5.56 Å². The number of nitro groups is 1. The lowest BCUT2D eigenvalue weighted by Crippen LogP contribution is -2.20. The van der Waals surface area contributed by atoms with E-state index in [2.05, 4.69) is 10.1 Å². The lowest BCUT2D eigenvalue weighted by atomic mass is 10.2. The molecular formula is C12H15F3N2O4. The minimum atomic E-state index is -4.55. The van der Waals surface area contributed by atoms with Crippen molar-refractivity contribution in [3.05, 3.63) is 33.9 Å². The van der Waals surface area contributed by atoms with E-state index in [0.29, 0.717) is 25.3 Å². The summed E-state index contributed by atoms with van der Waals surface area (Å²) in [7, 11) is 1.54. The third-order valence-corrected chi connectivity index (χ3v) is 2.42. The zero-order valence-electron chi connectivity index (χ0n) is 11.3. The number of benzene rings is 1. The Balaban J connectivity index is 2.74. The number of methoxy groups -OCH3 is 1. The van der Waals surface area contributed by atoms with Crippen LogP contribution in [0.2, 0.25) is 0 Å². The number of ether oxygens (including phenoxy) is 2. The first-order valence-electron chi connectivity index (χ1n) is 6.00. The third-order valence-electron chi connectivity index (χ3n) is 2.42. The van der Waals surface area contributed by atoms with Crippen LogP contribution in [0.5, 0.6) is 5.75 Å².